The summed E-state index contributed by atoms with van der Waals surface area (Å²) in [5.74, 6) is 0.885. The van der Waals surface area contributed by atoms with E-state index in [0.29, 0.717) is 18.1 Å². The molecule has 1 aromatic heterocycles. The van der Waals surface area contributed by atoms with Crippen LogP contribution in [0.3, 0.4) is 0 Å². The summed E-state index contributed by atoms with van der Waals surface area (Å²) in [5, 5.41) is 9.61. The van der Waals surface area contributed by atoms with E-state index in [1.165, 1.54) is 0 Å². The zero-order valence-corrected chi connectivity index (χ0v) is 13.9. The fourth-order valence-corrected chi connectivity index (χ4v) is 2.79. The third-order valence-electron chi connectivity index (χ3n) is 4.01. The molecule has 1 aliphatic heterocycles. The first kappa shape index (κ1) is 16.0. The number of nitrogens with zero attached hydrogens (tertiary/aromatic N) is 2. The van der Waals surface area contributed by atoms with Crippen molar-refractivity contribution in [3.05, 3.63) is 35.6 Å². The molecule has 2 N–H and O–H groups in total. The molecule has 1 aliphatic rings. The van der Waals surface area contributed by atoms with E-state index >= 15 is 0 Å². The number of anilines is 3. The Kier molecular flexibility index (Phi) is 4.24. The fourth-order valence-electron chi connectivity index (χ4n) is 2.79. The summed E-state index contributed by atoms with van der Waals surface area (Å²) >= 11 is 0. The van der Waals surface area contributed by atoms with Gasteiger partial charge in [-0.25, -0.2) is 0 Å². The third-order valence-corrected chi connectivity index (χ3v) is 4.01. The highest BCUT2D eigenvalue weighted by Crippen LogP contribution is 2.30. The van der Waals surface area contributed by atoms with Gasteiger partial charge in [0.1, 0.15) is 11.8 Å². The summed E-state index contributed by atoms with van der Waals surface area (Å²) in [4.78, 5) is 25.5. The van der Waals surface area contributed by atoms with E-state index in [1.54, 1.807) is 31.7 Å². The Hall–Kier alpha value is -2.83. The van der Waals surface area contributed by atoms with Crippen LogP contribution in [-0.2, 0) is 16.0 Å². The second kappa shape index (κ2) is 6.35. The summed E-state index contributed by atoms with van der Waals surface area (Å²) in [6, 6.07) is 7.01. The predicted octanol–water partition coefficient (Wildman–Crippen LogP) is 2.33. The van der Waals surface area contributed by atoms with Gasteiger partial charge >= 0.3 is 0 Å². The molecule has 2 aromatic rings. The molecule has 0 radical (unpaired) electrons. The van der Waals surface area contributed by atoms with E-state index in [2.05, 4.69) is 15.8 Å². The molecule has 0 saturated heterocycles. The van der Waals surface area contributed by atoms with Crippen LogP contribution in [0.2, 0.25) is 0 Å². The van der Waals surface area contributed by atoms with Crippen molar-refractivity contribution in [2.45, 2.75) is 33.2 Å². The van der Waals surface area contributed by atoms with Crippen LogP contribution in [0.1, 0.15) is 25.2 Å². The Labute approximate surface area is 140 Å². The maximum Gasteiger partial charge on any atom is 0.247 e. The van der Waals surface area contributed by atoms with Gasteiger partial charge in [-0.1, -0.05) is 5.16 Å². The van der Waals surface area contributed by atoms with Crippen molar-refractivity contribution in [3.63, 3.8) is 0 Å². The topological polar surface area (TPSA) is 87.5 Å². The molecule has 0 fully saturated rings. The SMILES string of the molecule is CC(=O)N1CCc2cc(N[C@H](C)C(=O)Nc3cc(C)on3)ccc21. The average Bonchev–Trinajstić information content (AvgIpc) is 3.12. The number of aryl methyl sites for hydroxylation is 1. The Balaban J connectivity index is 1.65. The first-order valence-electron chi connectivity index (χ1n) is 7.86. The van der Waals surface area contributed by atoms with Crippen molar-refractivity contribution in [1.82, 2.24) is 5.16 Å². The molecule has 1 aromatic carbocycles. The van der Waals surface area contributed by atoms with E-state index in [-0.39, 0.29) is 11.8 Å². The molecule has 24 heavy (non-hydrogen) atoms. The largest absolute Gasteiger partial charge is 0.374 e. The summed E-state index contributed by atoms with van der Waals surface area (Å²) in [6.07, 6.45) is 0.823. The summed E-state index contributed by atoms with van der Waals surface area (Å²) in [7, 11) is 0. The molecule has 3 rings (SSSR count). The molecule has 0 aliphatic carbocycles. The van der Waals surface area contributed by atoms with Gasteiger partial charge in [0.05, 0.1) is 0 Å². The number of fused-ring (bicyclic) bond motifs is 1. The van der Waals surface area contributed by atoms with Crippen LogP contribution >= 0.6 is 0 Å². The van der Waals surface area contributed by atoms with Crippen molar-refractivity contribution in [3.8, 4) is 0 Å². The van der Waals surface area contributed by atoms with Gasteiger partial charge in [0.15, 0.2) is 5.82 Å². The van der Waals surface area contributed by atoms with Gasteiger partial charge < -0.3 is 20.1 Å². The highest BCUT2D eigenvalue weighted by atomic mass is 16.5. The van der Waals surface area contributed by atoms with Crippen LogP contribution in [0.5, 0.6) is 0 Å². The average molecular weight is 328 g/mol. The quantitative estimate of drug-likeness (QED) is 0.899. The molecule has 126 valence electrons. The smallest absolute Gasteiger partial charge is 0.247 e. The fraction of sp³-hybridized carbons (Fsp3) is 0.353. The molecule has 7 heteroatoms. The van der Waals surface area contributed by atoms with Gasteiger partial charge in [-0.3, -0.25) is 9.59 Å². The molecule has 0 bridgehead atoms. The molecule has 0 unspecified atom stereocenters. The first-order valence-corrected chi connectivity index (χ1v) is 7.86. The molecule has 1 atom stereocenters. The number of carbonyl (C=O) groups is 2. The number of amides is 2. The molecular formula is C17H20N4O3. The standard InChI is InChI=1S/C17H20N4O3/c1-10-8-16(20-24-10)19-17(23)11(2)18-14-4-5-15-13(9-14)6-7-21(15)12(3)22/h4-5,8-9,11,18H,6-7H2,1-3H3,(H,19,20,23)/t11-/m1/s1. The van der Waals surface area contributed by atoms with Crippen molar-refractivity contribution in [1.29, 1.82) is 0 Å². The van der Waals surface area contributed by atoms with Crippen molar-refractivity contribution < 1.29 is 14.1 Å². The lowest BCUT2D eigenvalue weighted by atomic mass is 10.1. The first-order chi connectivity index (χ1) is 11.4. The van der Waals surface area contributed by atoms with Crippen molar-refractivity contribution in [2.75, 3.05) is 22.1 Å². The normalized spacial score (nSPS) is 14.2. The number of hydrogen-bond acceptors (Lipinski definition) is 5. The molecule has 2 amide bonds. The van der Waals surface area contributed by atoms with E-state index < -0.39 is 6.04 Å². The Morgan fingerprint density at radius 3 is 2.79 bits per heavy atom. The lowest BCUT2D eigenvalue weighted by Crippen LogP contribution is -2.32. The Bertz CT molecular complexity index is 784. The number of aromatic nitrogens is 1. The van der Waals surface area contributed by atoms with Crippen molar-refractivity contribution in [2.24, 2.45) is 0 Å². The molecule has 7 nitrogen and oxygen atoms in total. The van der Waals surface area contributed by atoms with E-state index in [0.717, 1.165) is 23.4 Å². The van der Waals surface area contributed by atoms with Gasteiger partial charge in [0.2, 0.25) is 11.8 Å². The molecule has 2 heterocycles. The van der Waals surface area contributed by atoms with Gasteiger partial charge in [0, 0.05) is 30.9 Å². The van der Waals surface area contributed by atoms with Crippen LogP contribution in [0.4, 0.5) is 17.2 Å². The summed E-state index contributed by atoms with van der Waals surface area (Å²) in [5.41, 5.74) is 2.90. The zero-order chi connectivity index (χ0) is 17.3. The molecular weight excluding hydrogens is 308 g/mol. The van der Waals surface area contributed by atoms with E-state index in [1.807, 2.05) is 18.2 Å². The monoisotopic (exact) mass is 328 g/mol. The Morgan fingerprint density at radius 1 is 1.33 bits per heavy atom. The minimum atomic E-state index is -0.439. The third kappa shape index (κ3) is 3.24. The number of nitrogens with one attached hydrogen (secondary N) is 2. The van der Waals surface area contributed by atoms with Crippen LogP contribution < -0.4 is 15.5 Å². The maximum atomic E-state index is 12.2. The number of benzene rings is 1. The summed E-state index contributed by atoms with van der Waals surface area (Å²) < 4.78 is 4.93. The van der Waals surface area contributed by atoms with Gasteiger partial charge in [-0.05, 0) is 44.0 Å². The second-order valence-electron chi connectivity index (χ2n) is 5.94. The van der Waals surface area contributed by atoms with E-state index in [9.17, 15) is 9.59 Å². The predicted molar refractivity (Wildman–Crippen MR) is 91.1 cm³/mol. The Morgan fingerprint density at radius 2 is 2.12 bits per heavy atom. The minimum absolute atomic E-state index is 0.0464. The van der Waals surface area contributed by atoms with E-state index in [4.69, 9.17) is 4.52 Å². The van der Waals surface area contributed by atoms with Gasteiger partial charge in [-0.2, -0.15) is 0 Å². The van der Waals surface area contributed by atoms with Gasteiger partial charge in [0.25, 0.3) is 0 Å². The lowest BCUT2D eigenvalue weighted by molar-refractivity contribution is -0.117. The van der Waals surface area contributed by atoms with Crippen LogP contribution in [0.15, 0.2) is 28.8 Å². The minimum Gasteiger partial charge on any atom is -0.374 e. The molecule has 0 saturated carbocycles. The van der Waals surface area contributed by atoms with Gasteiger partial charge in [-0.15, -0.1) is 0 Å². The maximum absolute atomic E-state index is 12.2. The number of hydrogen-bond donors (Lipinski definition) is 2. The zero-order valence-electron chi connectivity index (χ0n) is 13.9. The van der Waals surface area contributed by atoms with Crippen LogP contribution in [0.25, 0.3) is 0 Å². The number of rotatable bonds is 4. The highest BCUT2D eigenvalue weighted by Gasteiger charge is 2.22. The highest BCUT2D eigenvalue weighted by molar-refractivity contribution is 5.96. The van der Waals surface area contributed by atoms with Crippen LogP contribution in [-0.4, -0.2) is 29.6 Å². The van der Waals surface area contributed by atoms with Crippen LogP contribution in [0, 0.1) is 6.92 Å². The summed E-state index contributed by atoms with van der Waals surface area (Å²) in [6.45, 7) is 5.81. The van der Waals surface area contributed by atoms with Crippen molar-refractivity contribution >= 4 is 29.0 Å². The second-order valence-corrected chi connectivity index (χ2v) is 5.94. The number of carbonyl (C=O) groups excluding carboxylic acids is 2. The molecule has 0 spiro atoms. The lowest BCUT2D eigenvalue weighted by Gasteiger charge is -2.17.